The number of nitrogens with two attached hydrogens (primary N) is 1. The Balaban J connectivity index is 1.33. The van der Waals surface area contributed by atoms with Crippen molar-refractivity contribution >= 4 is 28.5 Å². The van der Waals surface area contributed by atoms with Crippen molar-refractivity contribution in [3.05, 3.63) is 58.9 Å². The van der Waals surface area contributed by atoms with Crippen LogP contribution in [0.25, 0.3) is 5.52 Å². The van der Waals surface area contributed by atoms with Crippen LogP contribution in [0, 0.1) is 5.82 Å². The van der Waals surface area contributed by atoms with Gasteiger partial charge in [-0.1, -0.05) is 11.6 Å². The summed E-state index contributed by atoms with van der Waals surface area (Å²) in [6.45, 7) is 4.60. The number of hydrazone groups is 1. The van der Waals surface area contributed by atoms with Gasteiger partial charge in [-0.05, 0) is 38.0 Å². The Labute approximate surface area is 236 Å². The number of rotatable bonds is 9. The molecular weight excluding hydrogens is 541 g/mol. The highest BCUT2D eigenvalue weighted by Crippen LogP contribution is 2.30. The lowest BCUT2D eigenvalue weighted by Gasteiger charge is -2.35. The number of aliphatic hydroxyl groups excluding tert-OH is 1. The first-order valence-electron chi connectivity index (χ1n) is 13.1. The number of fused-ring (bicyclic) bond motifs is 1. The van der Waals surface area contributed by atoms with E-state index >= 15 is 0 Å². The van der Waals surface area contributed by atoms with E-state index in [1.807, 2.05) is 6.92 Å². The summed E-state index contributed by atoms with van der Waals surface area (Å²) < 4.78 is 32.1. The fourth-order valence-corrected chi connectivity index (χ4v) is 5.47. The summed E-state index contributed by atoms with van der Waals surface area (Å²) in [6.07, 6.45) is 5.18. The number of nitrogens with zero attached hydrogens (tertiary/aromatic N) is 6. The van der Waals surface area contributed by atoms with Gasteiger partial charge in [0, 0.05) is 32.0 Å². The molecule has 40 heavy (non-hydrogen) atoms. The Hall–Kier alpha value is -3.16. The summed E-state index contributed by atoms with van der Waals surface area (Å²) in [6, 6.07) is 4.83. The molecule has 5 heterocycles. The number of halogens is 2. The van der Waals surface area contributed by atoms with E-state index in [1.165, 1.54) is 19.4 Å². The topological polar surface area (TPSA) is 132 Å². The molecule has 3 atom stereocenters. The Morgan fingerprint density at radius 3 is 2.75 bits per heavy atom. The van der Waals surface area contributed by atoms with Gasteiger partial charge in [0.05, 0.1) is 60.2 Å². The van der Waals surface area contributed by atoms with E-state index in [0.29, 0.717) is 52.2 Å². The molecule has 2 fully saturated rings. The van der Waals surface area contributed by atoms with Crippen LogP contribution in [-0.4, -0.2) is 94.2 Å². The number of methoxy groups -OCH3 is 1. The average molecular weight is 574 g/mol. The van der Waals surface area contributed by atoms with Crippen LogP contribution in [0.1, 0.15) is 37.1 Å². The quantitative estimate of drug-likeness (QED) is 0.227. The van der Waals surface area contributed by atoms with Gasteiger partial charge in [-0.15, -0.1) is 0 Å². The zero-order chi connectivity index (χ0) is 28.2. The largest absolute Gasteiger partial charge is 0.488 e. The average Bonchev–Trinajstić information content (AvgIpc) is 3.56. The van der Waals surface area contributed by atoms with Crippen LogP contribution in [0.4, 0.5) is 4.39 Å². The van der Waals surface area contributed by atoms with E-state index in [-0.39, 0.29) is 18.7 Å². The van der Waals surface area contributed by atoms with E-state index < -0.39 is 18.0 Å². The summed E-state index contributed by atoms with van der Waals surface area (Å²) in [5.41, 5.74) is 2.96. The maximum absolute atomic E-state index is 13.3. The molecule has 13 heteroatoms. The predicted molar refractivity (Wildman–Crippen MR) is 149 cm³/mol. The third-order valence-electron chi connectivity index (χ3n) is 7.40. The first kappa shape index (κ1) is 28.4. The lowest BCUT2D eigenvalue weighted by molar-refractivity contribution is 0.0549. The molecule has 0 spiro atoms. The van der Waals surface area contributed by atoms with Gasteiger partial charge in [-0.2, -0.15) is 10.2 Å². The molecule has 2 aliphatic heterocycles. The number of aliphatic imine (C=N–C) groups is 1. The number of likely N-dealkylation sites (tertiary alicyclic amines) is 1. The van der Waals surface area contributed by atoms with E-state index in [1.54, 1.807) is 22.8 Å². The number of aromatic nitrogens is 3. The molecule has 3 aromatic heterocycles. The maximum atomic E-state index is 13.3. The van der Waals surface area contributed by atoms with E-state index in [4.69, 9.17) is 36.6 Å². The number of ether oxygens (including phenoxy) is 3. The van der Waals surface area contributed by atoms with Crippen molar-refractivity contribution in [1.82, 2.24) is 19.5 Å². The molecule has 3 aromatic rings. The summed E-state index contributed by atoms with van der Waals surface area (Å²) in [5.74, 6) is 5.88. The van der Waals surface area contributed by atoms with Gasteiger partial charge in [0.25, 0.3) is 0 Å². The van der Waals surface area contributed by atoms with E-state index in [0.717, 1.165) is 32.1 Å². The van der Waals surface area contributed by atoms with Gasteiger partial charge in [0.2, 0.25) is 0 Å². The molecule has 0 radical (unpaired) electrons. The number of aliphatic hydroxyl groups is 1. The molecule has 0 aromatic carbocycles. The Bertz CT molecular complexity index is 1380. The first-order valence-corrected chi connectivity index (χ1v) is 13.5. The lowest BCUT2D eigenvalue weighted by Crippen LogP contribution is -2.47. The van der Waals surface area contributed by atoms with Gasteiger partial charge in [0.15, 0.2) is 0 Å². The second-order valence-electron chi connectivity index (χ2n) is 9.95. The Kier molecular flexibility index (Phi) is 8.91. The smallest absolute Gasteiger partial charge is 0.147 e. The van der Waals surface area contributed by atoms with Crippen LogP contribution in [0.5, 0.6) is 5.75 Å². The molecule has 0 aliphatic carbocycles. The minimum absolute atomic E-state index is 0.0507. The number of pyridine rings is 2. The van der Waals surface area contributed by atoms with Gasteiger partial charge < -0.3 is 25.2 Å². The van der Waals surface area contributed by atoms with Crippen molar-refractivity contribution < 1.29 is 23.7 Å². The monoisotopic (exact) mass is 573 g/mol. The molecule has 2 aliphatic rings. The Morgan fingerprint density at radius 1 is 1.30 bits per heavy atom. The molecule has 11 nitrogen and oxygen atoms in total. The molecule has 3 N–H and O–H groups in total. The molecule has 5 rings (SSSR count). The third kappa shape index (κ3) is 6.11. The third-order valence-corrected chi connectivity index (χ3v) is 7.67. The standard InChI is InChI=1S/C27H33ClFN7O4/c1-16(33-19-5-7-35(8-6-19)22-13-39-14-23(22)37)26(34-30)17-9-24(27-20(28)11-32-36(27)12-17)40-15-25(38-2)21-4-3-18(29)10-31-21/h3-4,9-12,19,22-23,25,37H,5-8,13-15,30H2,1-2H3/b33-16?,34-26+. The van der Waals surface area contributed by atoms with Crippen LogP contribution in [0.2, 0.25) is 5.02 Å². The van der Waals surface area contributed by atoms with Gasteiger partial charge in [-0.3, -0.25) is 14.9 Å². The van der Waals surface area contributed by atoms with Crippen molar-refractivity contribution in [2.75, 3.05) is 40.0 Å². The minimum atomic E-state index is -0.542. The molecule has 214 valence electrons. The summed E-state index contributed by atoms with van der Waals surface area (Å²) in [7, 11) is 1.53. The summed E-state index contributed by atoms with van der Waals surface area (Å²) in [4.78, 5) is 11.3. The van der Waals surface area contributed by atoms with Crippen molar-refractivity contribution in [3.63, 3.8) is 0 Å². The van der Waals surface area contributed by atoms with E-state index in [2.05, 4.69) is 20.1 Å². The van der Waals surface area contributed by atoms with E-state index in [9.17, 15) is 9.50 Å². The van der Waals surface area contributed by atoms with Crippen LogP contribution in [0.15, 0.2) is 46.9 Å². The number of piperidine rings is 1. The molecule has 0 saturated carbocycles. The fraction of sp³-hybridized carbons (Fsp3) is 0.481. The van der Waals surface area contributed by atoms with Crippen molar-refractivity contribution in [1.29, 1.82) is 0 Å². The van der Waals surface area contributed by atoms with Crippen LogP contribution >= 0.6 is 11.6 Å². The van der Waals surface area contributed by atoms with Crippen molar-refractivity contribution in [2.24, 2.45) is 15.9 Å². The molecule has 2 saturated heterocycles. The van der Waals surface area contributed by atoms with Crippen molar-refractivity contribution in [2.45, 2.75) is 44.1 Å². The zero-order valence-electron chi connectivity index (χ0n) is 22.4. The molecular formula is C27H33ClFN7O4. The van der Waals surface area contributed by atoms with Gasteiger partial charge in [-0.25, -0.2) is 8.91 Å². The number of hydrogen-bond acceptors (Lipinski definition) is 10. The summed E-state index contributed by atoms with van der Waals surface area (Å²) >= 11 is 6.43. The van der Waals surface area contributed by atoms with Gasteiger partial charge >= 0.3 is 0 Å². The highest BCUT2D eigenvalue weighted by Gasteiger charge is 2.34. The molecule has 0 bridgehead atoms. The fourth-order valence-electron chi connectivity index (χ4n) is 5.24. The first-order chi connectivity index (χ1) is 19.4. The van der Waals surface area contributed by atoms with Gasteiger partial charge in [0.1, 0.15) is 35.5 Å². The predicted octanol–water partition coefficient (Wildman–Crippen LogP) is 2.64. The summed E-state index contributed by atoms with van der Waals surface area (Å²) in [5, 5.41) is 19.0. The highest BCUT2D eigenvalue weighted by atomic mass is 35.5. The SMILES string of the molecule is COC(COc1cc(/C(=N/N)C(C)=NC2CCN(C3COCC3O)CC2)cn2ncc(Cl)c12)c1ccc(F)cn1. The van der Waals surface area contributed by atoms with Crippen LogP contribution < -0.4 is 10.6 Å². The second-order valence-corrected chi connectivity index (χ2v) is 10.4. The van der Waals surface area contributed by atoms with Crippen molar-refractivity contribution in [3.8, 4) is 5.75 Å². The Morgan fingerprint density at radius 2 is 2.10 bits per heavy atom. The minimum Gasteiger partial charge on any atom is -0.488 e. The highest BCUT2D eigenvalue weighted by molar-refractivity contribution is 6.47. The second kappa shape index (κ2) is 12.6. The van der Waals surface area contributed by atoms with Crippen LogP contribution in [0.3, 0.4) is 0 Å². The molecule has 0 amide bonds. The zero-order valence-corrected chi connectivity index (χ0v) is 23.2. The maximum Gasteiger partial charge on any atom is 0.147 e. The molecule has 3 unspecified atom stereocenters. The normalized spacial score (nSPS) is 22.2. The number of hydrogen-bond donors (Lipinski definition) is 2. The lowest BCUT2D eigenvalue weighted by atomic mass is 10.0. The van der Waals surface area contributed by atoms with Crippen LogP contribution in [-0.2, 0) is 9.47 Å².